The standard InChI is InChI=1S/C21H25N7O2S2/c1-28-16(12-17(29)22-15-10-6-3-7-11-15)24-27-21(28)31-13-18(30)23-20-26-25-19(32-20)14-8-4-2-5-9-14/h3,6-7,10-11,14H,2,4-5,8-9,12-13H2,1H3,(H,22,29)(H,23,26,30). The molecule has 2 N–H and O–H groups in total. The third-order valence-corrected chi connectivity index (χ3v) is 7.30. The van der Waals surface area contributed by atoms with Crippen LogP contribution in [0.3, 0.4) is 0 Å². The summed E-state index contributed by atoms with van der Waals surface area (Å²) in [4.78, 5) is 24.6. The molecule has 11 heteroatoms. The van der Waals surface area contributed by atoms with Gasteiger partial charge in [0.25, 0.3) is 0 Å². The summed E-state index contributed by atoms with van der Waals surface area (Å²) < 4.78 is 1.73. The fraction of sp³-hybridized carbons (Fsp3) is 0.429. The number of aromatic nitrogens is 5. The summed E-state index contributed by atoms with van der Waals surface area (Å²) in [6.45, 7) is 0. The number of thioether (sulfide) groups is 1. The van der Waals surface area contributed by atoms with Gasteiger partial charge in [-0.2, -0.15) is 0 Å². The Hall–Kier alpha value is -2.79. The van der Waals surface area contributed by atoms with Gasteiger partial charge in [0.15, 0.2) is 5.16 Å². The average Bonchev–Trinajstić information content (AvgIpc) is 3.40. The van der Waals surface area contributed by atoms with Gasteiger partial charge in [-0.25, -0.2) is 0 Å². The number of benzene rings is 1. The van der Waals surface area contributed by atoms with Gasteiger partial charge >= 0.3 is 0 Å². The van der Waals surface area contributed by atoms with Crippen molar-refractivity contribution in [3.05, 3.63) is 41.2 Å². The number of para-hydroxylation sites is 1. The Kier molecular flexibility index (Phi) is 7.48. The third-order valence-electron chi connectivity index (χ3n) is 5.28. The van der Waals surface area contributed by atoms with Gasteiger partial charge < -0.3 is 9.88 Å². The fourth-order valence-electron chi connectivity index (χ4n) is 3.58. The first-order valence-electron chi connectivity index (χ1n) is 10.6. The molecule has 1 fully saturated rings. The molecule has 4 rings (SSSR count). The maximum atomic E-state index is 12.4. The zero-order valence-corrected chi connectivity index (χ0v) is 19.4. The number of carbonyl (C=O) groups excluding carboxylic acids is 2. The van der Waals surface area contributed by atoms with Gasteiger partial charge in [-0.05, 0) is 25.0 Å². The van der Waals surface area contributed by atoms with E-state index in [4.69, 9.17) is 0 Å². The van der Waals surface area contributed by atoms with E-state index >= 15 is 0 Å². The molecule has 0 saturated heterocycles. The molecule has 0 radical (unpaired) electrons. The van der Waals surface area contributed by atoms with Crippen molar-refractivity contribution in [3.63, 3.8) is 0 Å². The first-order chi connectivity index (χ1) is 15.6. The van der Waals surface area contributed by atoms with Gasteiger partial charge in [-0.3, -0.25) is 14.9 Å². The first-order valence-corrected chi connectivity index (χ1v) is 12.4. The molecule has 9 nitrogen and oxygen atoms in total. The highest BCUT2D eigenvalue weighted by atomic mass is 32.2. The highest BCUT2D eigenvalue weighted by Gasteiger charge is 2.20. The van der Waals surface area contributed by atoms with E-state index < -0.39 is 0 Å². The molecule has 0 aliphatic heterocycles. The number of nitrogens with one attached hydrogen (secondary N) is 2. The number of nitrogens with zero attached hydrogens (tertiary/aromatic N) is 5. The molecule has 1 aromatic carbocycles. The molecule has 0 atom stereocenters. The molecule has 0 bridgehead atoms. The van der Waals surface area contributed by atoms with Crippen LogP contribution in [0.25, 0.3) is 0 Å². The monoisotopic (exact) mass is 471 g/mol. The van der Waals surface area contributed by atoms with Gasteiger partial charge in [0.2, 0.25) is 16.9 Å². The van der Waals surface area contributed by atoms with Crippen LogP contribution >= 0.6 is 23.1 Å². The molecule has 168 valence electrons. The smallest absolute Gasteiger partial charge is 0.236 e. The Morgan fingerprint density at radius 3 is 2.59 bits per heavy atom. The van der Waals surface area contributed by atoms with Gasteiger partial charge in [-0.1, -0.05) is 60.6 Å². The van der Waals surface area contributed by atoms with Crippen LogP contribution in [-0.4, -0.2) is 42.5 Å². The minimum atomic E-state index is -0.175. The molecule has 1 aliphatic rings. The Morgan fingerprint density at radius 2 is 1.81 bits per heavy atom. The van der Waals surface area contributed by atoms with E-state index in [0.717, 1.165) is 23.5 Å². The maximum absolute atomic E-state index is 12.4. The van der Waals surface area contributed by atoms with Gasteiger partial charge in [0.1, 0.15) is 10.8 Å². The predicted octanol–water partition coefficient (Wildman–Crippen LogP) is 3.63. The second-order valence-electron chi connectivity index (χ2n) is 7.67. The maximum Gasteiger partial charge on any atom is 0.236 e. The van der Waals surface area contributed by atoms with Crippen LogP contribution < -0.4 is 10.6 Å². The van der Waals surface area contributed by atoms with E-state index in [-0.39, 0.29) is 24.0 Å². The van der Waals surface area contributed by atoms with Crippen molar-refractivity contribution in [3.8, 4) is 0 Å². The van der Waals surface area contributed by atoms with Crippen molar-refractivity contribution < 1.29 is 9.59 Å². The number of carbonyl (C=O) groups is 2. The molecule has 32 heavy (non-hydrogen) atoms. The summed E-state index contributed by atoms with van der Waals surface area (Å²) >= 11 is 2.73. The van der Waals surface area contributed by atoms with Crippen molar-refractivity contribution in [1.29, 1.82) is 0 Å². The Balaban J connectivity index is 1.26. The molecule has 0 unspecified atom stereocenters. The lowest BCUT2D eigenvalue weighted by molar-refractivity contribution is -0.116. The van der Waals surface area contributed by atoms with Crippen LogP contribution in [0.1, 0.15) is 48.9 Å². The van der Waals surface area contributed by atoms with Crippen LogP contribution in [0, 0.1) is 0 Å². The largest absolute Gasteiger partial charge is 0.326 e. The summed E-state index contributed by atoms with van der Waals surface area (Å²) in [5, 5.41) is 24.4. The lowest BCUT2D eigenvalue weighted by atomic mass is 9.90. The molecular weight excluding hydrogens is 446 g/mol. The summed E-state index contributed by atoms with van der Waals surface area (Å²) in [7, 11) is 1.78. The molecule has 2 aromatic heterocycles. The summed E-state index contributed by atoms with van der Waals surface area (Å²) in [6, 6.07) is 9.25. The lowest BCUT2D eigenvalue weighted by Crippen LogP contribution is -2.17. The number of hydrogen-bond acceptors (Lipinski definition) is 8. The van der Waals surface area contributed by atoms with E-state index in [1.807, 2.05) is 30.3 Å². The SMILES string of the molecule is Cn1c(CC(=O)Nc2ccccc2)nnc1SCC(=O)Nc1nnc(C2CCCCC2)s1. The Labute approximate surface area is 194 Å². The summed E-state index contributed by atoms with van der Waals surface area (Å²) in [6.07, 6.45) is 6.15. The highest BCUT2D eigenvalue weighted by molar-refractivity contribution is 7.99. The second-order valence-corrected chi connectivity index (χ2v) is 9.62. The van der Waals surface area contributed by atoms with Crippen molar-refractivity contribution in [2.45, 2.75) is 49.6 Å². The van der Waals surface area contributed by atoms with E-state index in [9.17, 15) is 9.59 Å². The molecule has 1 saturated carbocycles. The lowest BCUT2D eigenvalue weighted by Gasteiger charge is -2.18. The highest BCUT2D eigenvalue weighted by Crippen LogP contribution is 2.35. The van der Waals surface area contributed by atoms with Crippen LogP contribution in [0.15, 0.2) is 35.5 Å². The van der Waals surface area contributed by atoms with E-state index in [1.54, 1.807) is 11.6 Å². The van der Waals surface area contributed by atoms with Crippen LogP contribution in [0.4, 0.5) is 10.8 Å². The molecule has 2 amide bonds. The zero-order valence-electron chi connectivity index (χ0n) is 17.8. The van der Waals surface area contributed by atoms with Crippen molar-refractivity contribution in [2.24, 2.45) is 7.05 Å². The van der Waals surface area contributed by atoms with Crippen LogP contribution in [-0.2, 0) is 23.1 Å². The van der Waals surface area contributed by atoms with Crippen LogP contribution in [0.2, 0.25) is 0 Å². The molecule has 0 spiro atoms. The first kappa shape index (κ1) is 22.4. The minimum absolute atomic E-state index is 0.0971. The third kappa shape index (κ3) is 5.92. The number of amides is 2. The van der Waals surface area contributed by atoms with Crippen LogP contribution in [0.5, 0.6) is 0 Å². The number of hydrogen-bond donors (Lipinski definition) is 2. The van der Waals surface area contributed by atoms with E-state index in [0.29, 0.717) is 22.0 Å². The molecule has 2 heterocycles. The van der Waals surface area contributed by atoms with Gasteiger partial charge in [0, 0.05) is 18.7 Å². The van der Waals surface area contributed by atoms with E-state index in [2.05, 4.69) is 31.0 Å². The van der Waals surface area contributed by atoms with Crippen molar-refractivity contribution in [2.75, 3.05) is 16.4 Å². The average molecular weight is 472 g/mol. The van der Waals surface area contributed by atoms with Crippen molar-refractivity contribution in [1.82, 2.24) is 25.0 Å². The second kappa shape index (κ2) is 10.7. The summed E-state index contributed by atoms with van der Waals surface area (Å²) in [5.41, 5.74) is 0.731. The van der Waals surface area contributed by atoms with Gasteiger partial charge in [0.05, 0.1) is 12.2 Å². The topological polar surface area (TPSA) is 115 Å². The van der Waals surface area contributed by atoms with Gasteiger partial charge in [-0.15, -0.1) is 20.4 Å². The molecular formula is C21H25N7O2S2. The quantitative estimate of drug-likeness (QED) is 0.482. The zero-order chi connectivity index (χ0) is 22.3. The van der Waals surface area contributed by atoms with E-state index in [1.165, 1.54) is 42.4 Å². The molecule has 3 aromatic rings. The Bertz CT molecular complexity index is 1060. The number of rotatable bonds is 8. The Morgan fingerprint density at radius 1 is 1.03 bits per heavy atom. The minimum Gasteiger partial charge on any atom is -0.326 e. The number of anilines is 2. The van der Waals surface area contributed by atoms with Crippen molar-refractivity contribution >= 4 is 45.7 Å². The predicted molar refractivity (Wildman–Crippen MR) is 125 cm³/mol. The summed E-state index contributed by atoms with van der Waals surface area (Å²) in [5.74, 6) is 0.819. The molecule has 1 aliphatic carbocycles. The normalized spacial score (nSPS) is 14.3. The fourth-order valence-corrected chi connectivity index (χ4v) is 5.24.